The molecule has 2 rings (SSSR count). The normalized spacial score (nSPS) is 11.7. The number of hydrogen-bond acceptors (Lipinski definition) is 6. The second-order valence-corrected chi connectivity index (χ2v) is 4.65. The average Bonchev–Trinajstić information content (AvgIpc) is 3.10. The van der Waals surface area contributed by atoms with Crippen molar-refractivity contribution >= 4 is 0 Å². The van der Waals surface area contributed by atoms with E-state index >= 15 is 0 Å². The van der Waals surface area contributed by atoms with Crippen LogP contribution in [0.2, 0.25) is 0 Å². The maximum absolute atomic E-state index is 9.19. The lowest BCUT2D eigenvalue weighted by Crippen LogP contribution is -2.36. The van der Waals surface area contributed by atoms with E-state index in [0.29, 0.717) is 36.6 Å². The quantitative estimate of drug-likeness (QED) is 0.799. The molecule has 0 fully saturated rings. The number of rotatable bonds is 8. The van der Waals surface area contributed by atoms with Crippen molar-refractivity contribution in [2.24, 2.45) is 0 Å². The van der Waals surface area contributed by atoms with Crippen molar-refractivity contribution in [3.63, 3.8) is 0 Å². The fourth-order valence-corrected chi connectivity index (χ4v) is 2.32. The van der Waals surface area contributed by atoms with Gasteiger partial charge in [0.1, 0.15) is 0 Å². The van der Waals surface area contributed by atoms with E-state index in [9.17, 15) is 5.11 Å². The molecular weight excluding hydrogens is 258 g/mol. The molecule has 0 aliphatic rings. The summed E-state index contributed by atoms with van der Waals surface area (Å²) in [5.41, 5.74) is 0. The third kappa shape index (κ3) is 3.46. The van der Waals surface area contributed by atoms with E-state index in [1.54, 1.807) is 18.4 Å². The molecule has 1 N–H and O–H groups in total. The zero-order valence-corrected chi connectivity index (χ0v) is 12.0. The van der Waals surface area contributed by atoms with Crippen LogP contribution < -0.4 is 0 Å². The molecule has 6 nitrogen and oxygen atoms in total. The van der Waals surface area contributed by atoms with Crippen LogP contribution in [0.3, 0.4) is 0 Å². The molecule has 0 atom stereocenters. The Hall–Kier alpha value is -1.66. The first kappa shape index (κ1) is 14.7. The lowest BCUT2D eigenvalue weighted by Gasteiger charge is -2.28. The first-order valence-corrected chi connectivity index (χ1v) is 6.99. The molecule has 2 heterocycles. The highest BCUT2D eigenvalue weighted by Crippen LogP contribution is 2.18. The second-order valence-electron chi connectivity index (χ2n) is 4.65. The van der Waals surface area contributed by atoms with Crippen molar-refractivity contribution in [3.05, 3.63) is 24.3 Å². The van der Waals surface area contributed by atoms with E-state index in [-0.39, 0.29) is 6.61 Å². The summed E-state index contributed by atoms with van der Waals surface area (Å²) in [7, 11) is 0. The summed E-state index contributed by atoms with van der Waals surface area (Å²) in [4.78, 5) is 6.50. The summed E-state index contributed by atoms with van der Waals surface area (Å²) in [5, 5.41) is 13.1. The molecule has 0 unspecified atom stereocenters. The molecule has 0 spiro atoms. The van der Waals surface area contributed by atoms with E-state index in [4.69, 9.17) is 8.94 Å². The number of nitrogens with zero attached hydrogens (tertiary/aromatic N) is 3. The zero-order chi connectivity index (χ0) is 14.4. The largest absolute Gasteiger partial charge is 0.461 e. The maximum Gasteiger partial charge on any atom is 0.241 e. The minimum absolute atomic E-state index is 0.121. The SMILES string of the molecule is CCC(CC)N(CCO)Cc1nc(-c2ccco2)no1. The molecule has 0 saturated heterocycles. The summed E-state index contributed by atoms with van der Waals surface area (Å²) in [6.45, 7) is 5.54. The van der Waals surface area contributed by atoms with Gasteiger partial charge in [0.2, 0.25) is 11.7 Å². The van der Waals surface area contributed by atoms with Crippen LogP contribution in [0, 0.1) is 0 Å². The molecular formula is C14H21N3O3. The van der Waals surface area contributed by atoms with Crippen molar-refractivity contribution in [2.45, 2.75) is 39.3 Å². The van der Waals surface area contributed by atoms with E-state index < -0.39 is 0 Å². The first-order valence-electron chi connectivity index (χ1n) is 6.99. The van der Waals surface area contributed by atoms with Crippen molar-refractivity contribution in [2.75, 3.05) is 13.2 Å². The number of aliphatic hydroxyl groups is 1. The summed E-state index contributed by atoms with van der Waals surface area (Å²) in [6, 6.07) is 3.98. The molecule has 0 aromatic carbocycles. The lowest BCUT2D eigenvalue weighted by atomic mass is 10.1. The highest BCUT2D eigenvalue weighted by Gasteiger charge is 2.19. The topological polar surface area (TPSA) is 75.5 Å². The van der Waals surface area contributed by atoms with Crippen molar-refractivity contribution in [1.29, 1.82) is 0 Å². The summed E-state index contributed by atoms with van der Waals surface area (Å²) < 4.78 is 10.5. The van der Waals surface area contributed by atoms with E-state index in [0.717, 1.165) is 12.8 Å². The molecule has 0 amide bonds. The van der Waals surface area contributed by atoms with Gasteiger partial charge >= 0.3 is 0 Å². The van der Waals surface area contributed by atoms with Crippen LogP contribution in [-0.4, -0.2) is 39.3 Å². The van der Waals surface area contributed by atoms with Gasteiger partial charge in [0.15, 0.2) is 5.76 Å². The molecule has 0 radical (unpaired) electrons. The third-order valence-electron chi connectivity index (χ3n) is 3.39. The smallest absolute Gasteiger partial charge is 0.241 e. The lowest BCUT2D eigenvalue weighted by molar-refractivity contribution is 0.122. The second kappa shape index (κ2) is 7.21. The van der Waals surface area contributed by atoms with Gasteiger partial charge in [-0.3, -0.25) is 4.90 Å². The van der Waals surface area contributed by atoms with E-state index in [1.165, 1.54) is 0 Å². The number of hydrogen-bond donors (Lipinski definition) is 1. The van der Waals surface area contributed by atoms with E-state index in [1.807, 2.05) is 0 Å². The Bertz CT molecular complexity index is 491. The summed E-state index contributed by atoms with van der Waals surface area (Å²) in [5.74, 6) is 1.59. The van der Waals surface area contributed by atoms with Crippen molar-refractivity contribution < 1.29 is 14.0 Å². The standard InChI is InChI=1S/C14H21N3O3/c1-3-11(4-2)17(7-8-18)10-13-15-14(16-20-13)12-6-5-9-19-12/h5-6,9,11,18H,3-4,7-8,10H2,1-2H3. The van der Waals surface area contributed by atoms with Crippen LogP contribution in [0.15, 0.2) is 27.3 Å². The fraction of sp³-hybridized carbons (Fsp3) is 0.571. The zero-order valence-electron chi connectivity index (χ0n) is 12.0. The highest BCUT2D eigenvalue weighted by atomic mass is 16.5. The highest BCUT2D eigenvalue weighted by molar-refractivity contribution is 5.44. The van der Waals surface area contributed by atoms with Gasteiger partial charge in [0, 0.05) is 12.6 Å². The van der Waals surface area contributed by atoms with Crippen LogP contribution in [0.1, 0.15) is 32.6 Å². The van der Waals surface area contributed by atoms with Gasteiger partial charge in [-0.1, -0.05) is 19.0 Å². The molecule has 0 aliphatic heterocycles. The van der Waals surface area contributed by atoms with Crippen LogP contribution in [-0.2, 0) is 6.54 Å². The van der Waals surface area contributed by atoms with Crippen LogP contribution in [0.25, 0.3) is 11.6 Å². The van der Waals surface area contributed by atoms with Gasteiger partial charge in [-0.15, -0.1) is 0 Å². The van der Waals surface area contributed by atoms with Crippen molar-refractivity contribution in [3.8, 4) is 11.6 Å². The molecule has 0 saturated carbocycles. The van der Waals surface area contributed by atoms with Gasteiger partial charge < -0.3 is 14.0 Å². The molecule has 20 heavy (non-hydrogen) atoms. The molecule has 2 aromatic rings. The third-order valence-corrected chi connectivity index (χ3v) is 3.39. The summed E-state index contributed by atoms with van der Waals surface area (Å²) in [6.07, 6.45) is 3.62. The molecule has 0 aliphatic carbocycles. The minimum atomic E-state index is 0.121. The van der Waals surface area contributed by atoms with Gasteiger partial charge in [-0.25, -0.2) is 0 Å². The minimum Gasteiger partial charge on any atom is -0.461 e. The Labute approximate surface area is 118 Å². The maximum atomic E-state index is 9.19. The average molecular weight is 279 g/mol. The Morgan fingerprint density at radius 1 is 1.35 bits per heavy atom. The van der Waals surface area contributed by atoms with Crippen LogP contribution in [0.5, 0.6) is 0 Å². The van der Waals surface area contributed by atoms with Gasteiger partial charge in [-0.05, 0) is 25.0 Å². The molecule has 0 bridgehead atoms. The van der Waals surface area contributed by atoms with Gasteiger partial charge in [0.05, 0.1) is 19.4 Å². The molecule has 110 valence electrons. The Kier molecular flexibility index (Phi) is 5.31. The van der Waals surface area contributed by atoms with Gasteiger partial charge in [-0.2, -0.15) is 4.98 Å². The van der Waals surface area contributed by atoms with E-state index in [2.05, 4.69) is 28.9 Å². The predicted molar refractivity (Wildman–Crippen MR) is 73.9 cm³/mol. The van der Waals surface area contributed by atoms with Crippen LogP contribution in [0.4, 0.5) is 0 Å². The van der Waals surface area contributed by atoms with Crippen molar-refractivity contribution in [1.82, 2.24) is 15.0 Å². The number of aliphatic hydroxyl groups excluding tert-OH is 1. The fourth-order valence-electron chi connectivity index (χ4n) is 2.32. The molecule has 2 aromatic heterocycles. The Balaban J connectivity index is 2.07. The monoisotopic (exact) mass is 279 g/mol. The summed E-state index contributed by atoms with van der Waals surface area (Å²) >= 11 is 0. The number of furan rings is 1. The van der Waals surface area contributed by atoms with Crippen LogP contribution >= 0.6 is 0 Å². The Morgan fingerprint density at radius 2 is 2.15 bits per heavy atom. The van der Waals surface area contributed by atoms with Gasteiger partial charge in [0.25, 0.3) is 0 Å². The molecule has 6 heteroatoms. The number of aromatic nitrogens is 2. The predicted octanol–water partition coefficient (Wildman–Crippen LogP) is 2.31. The Morgan fingerprint density at radius 3 is 2.75 bits per heavy atom. The first-order chi connectivity index (χ1) is 9.78.